The van der Waals surface area contributed by atoms with Crippen LogP contribution in [-0.4, -0.2) is 34.0 Å². The predicted octanol–water partition coefficient (Wildman–Crippen LogP) is 1.68. The highest BCUT2D eigenvalue weighted by Gasteiger charge is 2.44. The molecule has 0 bridgehead atoms. The molecule has 0 aliphatic carbocycles. The molecule has 1 aliphatic heterocycles. The zero-order valence-electron chi connectivity index (χ0n) is 12.1. The van der Waals surface area contributed by atoms with Crippen LogP contribution in [-0.2, 0) is 16.9 Å². The summed E-state index contributed by atoms with van der Waals surface area (Å²) in [6.45, 7) is 5.76. The Kier molecular flexibility index (Phi) is 3.77. The van der Waals surface area contributed by atoms with Gasteiger partial charge in [0.25, 0.3) is 0 Å². The average molecular weight is 306 g/mol. The van der Waals surface area contributed by atoms with Gasteiger partial charge in [0.2, 0.25) is 11.8 Å². The summed E-state index contributed by atoms with van der Waals surface area (Å²) in [6.07, 6.45) is 0.789. The quantitative estimate of drug-likeness (QED) is 0.930. The number of amides is 1. The molecule has 0 spiro atoms. The summed E-state index contributed by atoms with van der Waals surface area (Å²) in [7, 11) is 0. The zero-order chi connectivity index (χ0) is 14.9. The van der Waals surface area contributed by atoms with Crippen LogP contribution in [0.1, 0.15) is 29.9 Å². The van der Waals surface area contributed by atoms with Gasteiger partial charge in [-0.15, -0.1) is 11.3 Å². The van der Waals surface area contributed by atoms with Crippen molar-refractivity contribution in [1.29, 1.82) is 0 Å². The third-order valence-electron chi connectivity index (χ3n) is 3.68. The van der Waals surface area contributed by atoms with Crippen molar-refractivity contribution in [2.45, 2.75) is 32.4 Å². The maximum Gasteiger partial charge on any atom is 0.223 e. The van der Waals surface area contributed by atoms with Crippen molar-refractivity contribution in [2.75, 3.05) is 13.1 Å². The highest BCUT2D eigenvalue weighted by Crippen LogP contribution is 2.31. The maximum atomic E-state index is 11.6. The number of thiophene rings is 1. The van der Waals surface area contributed by atoms with E-state index in [1.807, 2.05) is 0 Å². The van der Waals surface area contributed by atoms with Crippen LogP contribution in [0, 0.1) is 6.92 Å². The summed E-state index contributed by atoms with van der Waals surface area (Å²) in [5, 5.41) is 9.14. The lowest BCUT2D eigenvalue weighted by Crippen LogP contribution is -2.47. The van der Waals surface area contributed by atoms with Crippen molar-refractivity contribution in [3.63, 3.8) is 0 Å². The highest BCUT2D eigenvalue weighted by molar-refractivity contribution is 7.09. The Morgan fingerprint density at radius 1 is 1.62 bits per heavy atom. The lowest BCUT2D eigenvalue weighted by molar-refractivity contribution is -0.121. The SMILES string of the molecule is CC(=O)NC1(c2noc(C)n2)CCN(Cc2cccs2)C1. The Labute approximate surface area is 127 Å². The number of carbonyl (C=O) groups is 1. The minimum Gasteiger partial charge on any atom is -0.342 e. The fourth-order valence-corrected chi connectivity index (χ4v) is 3.56. The van der Waals surface area contributed by atoms with Gasteiger partial charge in [-0.1, -0.05) is 11.2 Å². The first-order valence-corrected chi connectivity index (χ1v) is 7.80. The summed E-state index contributed by atoms with van der Waals surface area (Å²) in [5.74, 6) is 1.02. The van der Waals surface area contributed by atoms with Gasteiger partial charge in [-0.3, -0.25) is 9.69 Å². The fraction of sp³-hybridized carbons (Fsp3) is 0.500. The Morgan fingerprint density at radius 2 is 2.48 bits per heavy atom. The average Bonchev–Trinajstić information content (AvgIpc) is 3.12. The normalized spacial score (nSPS) is 22.6. The van der Waals surface area contributed by atoms with E-state index in [1.54, 1.807) is 18.3 Å². The van der Waals surface area contributed by atoms with E-state index in [9.17, 15) is 4.79 Å². The van der Waals surface area contributed by atoms with Gasteiger partial charge >= 0.3 is 0 Å². The van der Waals surface area contributed by atoms with Crippen LogP contribution in [0.5, 0.6) is 0 Å². The first-order chi connectivity index (χ1) is 10.1. The predicted molar refractivity (Wildman–Crippen MR) is 78.7 cm³/mol. The molecule has 21 heavy (non-hydrogen) atoms. The number of carbonyl (C=O) groups excluding carboxylic acids is 1. The van der Waals surface area contributed by atoms with E-state index in [4.69, 9.17) is 4.52 Å². The number of likely N-dealkylation sites (tertiary alicyclic amines) is 1. The smallest absolute Gasteiger partial charge is 0.223 e. The molecule has 0 saturated carbocycles. The molecule has 1 fully saturated rings. The highest BCUT2D eigenvalue weighted by atomic mass is 32.1. The lowest BCUT2D eigenvalue weighted by atomic mass is 9.97. The van der Waals surface area contributed by atoms with Gasteiger partial charge in [0.15, 0.2) is 5.82 Å². The molecule has 1 atom stereocenters. The van der Waals surface area contributed by atoms with Crippen molar-refractivity contribution in [3.8, 4) is 0 Å². The molecule has 6 nitrogen and oxygen atoms in total. The molecule has 1 saturated heterocycles. The number of aryl methyl sites for hydroxylation is 1. The molecule has 7 heteroatoms. The first-order valence-electron chi connectivity index (χ1n) is 6.92. The van der Waals surface area contributed by atoms with Crippen molar-refractivity contribution in [3.05, 3.63) is 34.1 Å². The van der Waals surface area contributed by atoms with Crippen LogP contribution >= 0.6 is 11.3 Å². The third-order valence-corrected chi connectivity index (χ3v) is 4.54. The molecule has 3 heterocycles. The summed E-state index contributed by atoms with van der Waals surface area (Å²) in [5.41, 5.74) is -0.541. The number of hydrogen-bond donors (Lipinski definition) is 1. The number of nitrogens with zero attached hydrogens (tertiary/aromatic N) is 3. The number of nitrogens with one attached hydrogen (secondary N) is 1. The van der Waals surface area contributed by atoms with E-state index < -0.39 is 5.54 Å². The fourth-order valence-electron chi connectivity index (χ4n) is 2.82. The van der Waals surface area contributed by atoms with Gasteiger partial charge in [0.05, 0.1) is 0 Å². The van der Waals surface area contributed by atoms with E-state index in [2.05, 4.69) is 37.9 Å². The second-order valence-corrected chi connectivity index (χ2v) is 6.47. The molecule has 1 N–H and O–H groups in total. The third kappa shape index (κ3) is 2.98. The van der Waals surface area contributed by atoms with Crippen LogP contribution in [0.3, 0.4) is 0 Å². The van der Waals surface area contributed by atoms with E-state index in [-0.39, 0.29) is 5.91 Å². The number of rotatable bonds is 4. The number of hydrogen-bond acceptors (Lipinski definition) is 6. The Hall–Kier alpha value is -1.73. The van der Waals surface area contributed by atoms with E-state index in [0.717, 1.165) is 19.5 Å². The Balaban J connectivity index is 1.80. The molecule has 1 unspecified atom stereocenters. The lowest BCUT2D eigenvalue weighted by Gasteiger charge is -2.26. The van der Waals surface area contributed by atoms with Crippen LogP contribution in [0.15, 0.2) is 22.0 Å². The molecule has 0 radical (unpaired) electrons. The second kappa shape index (κ2) is 5.57. The van der Waals surface area contributed by atoms with Crippen LogP contribution in [0.4, 0.5) is 0 Å². The van der Waals surface area contributed by atoms with Gasteiger partial charge in [0, 0.05) is 38.4 Å². The second-order valence-electron chi connectivity index (χ2n) is 5.44. The van der Waals surface area contributed by atoms with Crippen molar-refractivity contribution >= 4 is 17.2 Å². The minimum absolute atomic E-state index is 0.0737. The van der Waals surface area contributed by atoms with Gasteiger partial charge < -0.3 is 9.84 Å². The molecule has 2 aromatic rings. The van der Waals surface area contributed by atoms with Crippen molar-refractivity contribution < 1.29 is 9.32 Å². The largest absolute Gasteiger partial charge is 0.342 e. The van der Waals surface area contributed by atoms with Crippen molar-refractivity contribution in [2.24, 2.45) is 0 Å². The zero-order valence-corrected chi connectivity index (χ0v) is 12.9. The molecular weight excluding hydrogens is 288 g/mol. The van der Waals surface area contributed by atoms with E-state index in [0.29, 0.717) is 18.3 Å². The Bertz CT molecular complexity index is 625. The molecule has 1 amide bonds. The molecule has 2 aromatic heterocycles. The van der Waals surface area contributed by atoms with Crippen LogP contribution in [0.25, 0.3) is 0 Å². The first kappa shape index (κ1) is 14.2. The maximum absolute atomic E-state index is 11.6. The molecule has 112 valence electrons. The van der Waals surface area contributed by atoms with Gasteiger partial charge in [0.1, 0.15) is 5.54 Å². The van der Waals surface area contributed by atoms with Gasteiger partial charge in [-0.05, 0) is 17.9 Å². The molecule has 3 rings (SSSR count). The molecule has 0 aromatic carbocycles. The van der Waals surface area contributed by atoms with Crippen LogP contribution in [0.2, 0.25) is 0 Å². The standard InChI is InChI=1S/C14H18N4O2S/c1-10(19)16-14(13-15-11(2)20-17-13)5-6-18(9-14)8-12-4-3-7-21-12/h3-4,7H,5-6,8-9H2,1-2H3,(H,16,19). The summed E-state index contributed by atoms with van der Waals surface area (Å²) < 4.78 is 5.10. The van der Waals surface area contributed by atoms with Crippen LogP contribution < -0.4 is 5.32 Å². The Morgan fingerprint density at radius 3 is 3.10 bits per heavy atom. The monoisotopic (exact) mass is 306 g/mol. The van der Waals surface area contributed by atoms with Gasteiger partial charge in [-0.25, -0.2) is 0 Å². The summed E-state index contributed by atoms with van der Waals surface area (Å²) in [4.78, 5) is 19.6. The topological polar surface area (TPSA) is 71.3 Å². The van der Waals surface area contributed by atoms with E-state index >= 15 is 0 Å². The summed E-state index contributed by atoms with van der Waals surface area (Å²) >= 11 is 1.74. The van der Waals surface area contributed by atoms with Gasteiger partial charge in [-0.2, -0.15) is 4.98 Å². The number of aromatic nitrogens is 2. The minimum atomic E-state index is -0.541. The molecular formula is C14H18N4O2S. The summed E-state index contributed by atoms with van der Waals surface area (Å²) in [6, 6.07) is 4.18. The van der Waals surface area contributed by atoms with E-state index in [1.165, 1.54) is 11.8 Å². The van der Waals surface area contributed by atoms with Crippen molar-refractivity contribution in [1.82, 2.24) is 20.4 Å². The molecule has 1 aliphatic rings.